The minimum atomic E-state index is 0.409. The maximum absolute atomic E-state index is 5.45. The SMILES string of the molecule is Cc1cc(C)nc(C2=NCc3ccnc(NC4CCOCC4)c32)c1. The zero-order valence-electron chi connectivity index (χ0n) is 14.2. The highest BCUT2D eigenvalue weighted by Crippen LogP contribution is 2.29. The van der Waals surface area contributed by atoms with E-state index in [1.807, 2.05) is 13.1 Å². The van der Waals surface area contributed by atoms with Crippen molar-refractivity contribution in [3.8, 4) is 0 Å². The van der Waals surface area contributed by atoms with Gasteiger partial charge in [0.25, 0.3) is 0 Å². The van der Waals surface area contributed by atoms with Crippen LogP contribution in [0.25, 0.3) is 0 Å². The van der Waals surface area contributed by atoms with E-state index in [2.05, 4.69) is 35.4 Å². The van der Waals surface area contributed by atoms with Crippen LogP contribution in [0.3, 0.4) is 0 Å². The normalized spacial score (nSPS) is 17.5. The summed E-state index contributed by atoms with van der Waals surface area (Å²) in [6.45, 7) is 6.44. The van der Waals surface area contributed by atoms with Crippen LogP contribution in [0.1, 0.15) is 40.9 Å². The molecule has 1 N–H and O–H groups in total. The lowest BCUT2D eigenvalue weighted by Gasteiger charge is -2.24. The standard InChI is InChI=1S/C19H22N4O/c1-12-9-13(2)22-16(10-12)18-17-14(11-21-18)3-6-20-19(17)23-15-4-7-24-8-5-15/h3,6,9-10,15H,4-5,7-8,11H2,1-2H3,(H,20,23). The van der Waals surface area contributed by atoms with E-state index in [1.54, 1.807) is 0 Å². The Bertz CT molecular complexity index is 774. The van der Waals surface area contributed by atoms with Gasteiger partial charge in [-0.15, -0.1) is 0 Å². The van der Waals surface area contributed by atoms with Gasteiger partial charge in [0.2, 0.25) is 0 Å². The molecule has 0 spiro atoms. The lowest BCUT2D eigenvalue weighted by molar-refractivity contribution is 0.0904. The van der Waals surface area contributed by atoms with Gasteiger partial charge in [0.05, 0.1) is 18.0 Å². The summed E-state index contributed by atoms with van der Waals surface area (Å²) in [6, 6.07) is 6.66. The molecule has 2 aliphatic rings. The molecule has 0 saturated carbocycles. The van der Waals surface area contributed by atoms with E-state index < -0.39 is 0 Å². The van der Waals surface area contributed by atoms with Gasteiger partial charge < -0.3 is 10.1 Å². The number of nitrogens with zero attached hydrogens (tertiary/aromatic N) is 3. The highest BCUT2D eigenvalue weighted by atomic mass is 16.5. The molecule has 0 unspecified atom stereocenters. The van der Waals surface area contributed by atoms with E-state index >= 15 is 0 Å². The lowest BCUT2D eigenvalue weighted by Crippen LogP contribution is -2.29. The Morgan fingerprint density at radius 2 is 2.00 bits per heavy atom. The van der Waals surface area contributed by atoms with Gasteiger partial charge in [-0.25, -0.2) is 4.98 Å². The summed E-state index contributed by atoms with van der Waals surface area (Å²) in [7, 11) is 0. The van der Waals surface area contributed by atoms with Crippen molar-refractivity contribution in [2.24, 2.45) is 4.99 Å². The molecule has 0 bridgehead atoms. The third-order valence-corrected chi connectivity index (χ3v) is 4.58. The van der Waals surface area contributed by atoms with Crippen molar-refractivity contribution in [3.63, 3.8) is 0 Å². The summed E-state index contributed by atoms with van der Waals surface area (Å²) in [5, 5.41) is 3.61. The van der Waals surface area contributed by atoms with Gasteiger partial charge >= 0.3 is 0 Å². The number of ether oxygens (including phenoxy) is 1. The molecule has 0 aliphatic carbocycles. The molecule has 2 aromatic heterocycles. The molecule has 0 radical (unpaired) electrons. The molecular formula is C19H22N4O. The van der Waals surface area contributed by atoms with E-state index in [-0.39, 0.29) is 0 Å². The van der Waals surface area contributed by atoms with Crippen molar-refractivity contribution in [1.82, 2.24) is 9.97 Å². The number of hydrogen-bond donors (Lipinski definition) is 1. The predicted octanol–water partition coefficient (Wildman–Crippen LogP) is 3.04. The zero-order chi connectivity index (χ0) is 16.5. The van der Waals surface area contributed by atoms with Crippen molar-refractivity contribution in [2.75, 3.05) is 18.5 Å². The summed E-state index contributed by atoms with van der Waals surface area (Å²) >= 11 is 0. The first-order valence-corrected chi connectivity index (χ1v) is 8.53. The van der Waals surface area contributed by atoms with Crippen LogP contribution in [0, 0.1) is 13.8 Å². The predicted molar refractivity (Wildman–Crippen MR) is 94.8 cm³/mol. The summed E-state index contributed by atoms with van der Waals surface area (Å²) in [6.07, 6.45) is 3.90. The smallest absolute Gasteiger partial charge is 0.136 e. The molecule has 5 heteroatoms. The average Bonchev–Trinajstić information content (AvgIpc) is 3.00. The van der Waals surface area contributed by atoms with Gasteiger partial charge in [0.1, 0.15) is 5.82 Å². The largest absolute Gasteiger partial charge is 0.381 e. The zero-order valence-corrected chi connectivity index (χ0v) is 14.2. The van der Waals surface area contributed by atoms with Crippen LogP contribution >= 0.6 is 0 Å². The summed E-state index contributed by atoms with van der Waals surface area (Å²) in [5.41, 5.74) is 6.45. The third-order valence-electron chi connectivity index (χ3n) is 4.58. The third kappa shape index (κ3) is 2.91. The van der Waals surface area contributed by atoms with Crippen LogP contribution in [0.15, 0.2) is 29.4 Å². The monoisotopic (exact) mass is 322 g/mol. The molecular weight excluding hydrogens is 300 g/mol. The van der Waals surface area contributed by atoms with Gasteiger partial charge in [0, 0.05) is 36.7 Å². The van der Waals surface area contributed by atoms with E-state index in [0.29, 0.717) is 12.6 Å². The van der Waals surface area contributed by atoms with Gasteiger partial charge in [-0.05, 0) is 56.0 Å². The molecule has 4 heterocycles. The quantitative estimate of drug-likeness (QED) is 0.943. The van der Waals surface area contributed by atoms with Crippen molar-refractivity contribution in [1.29, 1.82) is 0 Å². The van der Waals surface area contributed by atoms with Gasteiger partial charge in [-0.1, -0.05) is 0 Å². The highest BCUT2D eigenvalue weighted by molar-refractivity contribution is 6.16. The lowest BCUT2D eigenvalue weighted by atomic mass is 10.0. The van der Waals surface area contributed by atoms with Crippen LogP contribution < -0.4 is 5.32 Å². The first-order chi connectivity index (χ1) is 11.7. The second-order valence-corrected chi connectivity index (χ2v) is 6.56. The molecule has 2 aliphatic heterocycles. The minimum absolute atomic E-state index is 0.409. The number of aryl methyl sites for hydroxylation is 2. The number of anilines is 1. The van der Waals surface area contributed by atoms with E-state index in [9.17, 15) is 0 Å². The van der Waals surface area contributed by atoms with E-state index in [4.69, 9.17) is 14.7 Å². The summed E-state index contributed by atoms with van der Waals surface area (Å²) < 4.78 is 5.45. The molecule has 4 rings (SSSR count). The number of pyridine rings is 2. The summed E-state index contributed by atoms with van der Waals surface area (Å²) in [5.74, 6) is 0.927. The highest BCUT2D eigenvalue weighted by Gasteiger charge is 2.25. The second kappa shape index (κ2) is 6.32. The number of nitrogens with one attached hydrogen (secondary N) is 1. The van der Waals surface area contributed by atoms with Crippen LogP contribution in [0.5, 0.6) is 0 Å². The number of aromatic nitrogens is 2. The van der Waals surface area contributed by atoms with Crippen molar-refractivity contribution >= 4 is 11.5 Å². The molecule has 2 aromatic rings. The minimum Gasteiger partial charge on any atom is -0.381 e. The fourth-order valence-electron chi connectivity index (χ4n) is 3.46. The van der Waals surface area contributed by atoms with Crippen molar-refractivity contribution < 1.29 is 4.74 Å². The molecule has 124 valence electrons. The second-order valence-electron chi connectivity index (χ2n) is 6.56. The number of hydrogen-bond acceptors (Lipinski definition) is 5. The Morgan fingerprint density at radius 1 is 1.17 bits per heavy atom. The number of aliphatic imine (C=N–C) groups is 1. The fourth-order valence-corrected chi connectivity index (χ4v) is 3.46. The topological polar surface area (TPSA) is 59.4 Å². The van der Waals surface area contributed by atoms with E-state index in [1.165, 1.54) is 11.1 Å². The van der Waals surface area contributed by atoms with Crippen LogP contribution in [0.2, 0.25) is 0 Å². The van der Waals surface area contributed by atoms with Gasteiger partial charge in [0.15, 0.2) is 0 Å². The molecule has 24 heavy (non-hydrogen) atoms. The van der Waals surface area contributed by atoms with Crippen molar-refractivity contribution in [3.05, 3.63) is 52.5 Å². The molecule has 0 aromatic carbocycles. The molecule has 1 fully saturated rings. The first-order valence-electron chi connectivity index (χ1n) is 8.53. The molecule has 0 atom stereocenters. The van der Waals surface area contributed by atoms with Crippen molar-refractivity contribution in [2.45, 2.75) is 39.3 Å². The summed E-state index contributed by atoms with van der Waals surface area (Å²) in [4.78, 5) is 14.1. The number of rotatable bonds is 3. The van der Waals surface area contributed by atoms with Gasteiger partial charge in [-0.2, -0.15) is 0 Å². The Labute approximate surface area is 142 Å². The molecule has 5 nitrogen and oxygen atoms in total. The fraction of sp³-hybridized carbons (Fsp3) is 0.421. The Morgan fingerprint density at radius 3 is 2.79 bits per heavy atom. The number of fused-ring (bicyclic) bond motifs is 1. The van der Waals surface area contributed by atoms with Crippen LogP contribution in [0.4, 0.5) is 5.82 Å². The Balaban J connectivity index is 1.70. The Kier molecular flexibility index (Phi) is 4.02. The van der Waals surface area contributed by atoms with Gasteiger partial charge in [-0.3, -0.25) is 9.98 Å². The maximum atomic E-state index is 5.45. The molecule has 1 saturated heterocycles. The van der Waals surface area contributed by atoms with E-state index in [0.717, 1.165) is 54.5 Å². The molecule has 0 amide bonds. The maximum Gasteiger partial charge on any atom is 0.136 e. The average molecular weight is 322 g/mol. The Hall–Kier alpha value is -2.27. The van der Waals surface area contributed by atoms with Crippen LogP contribution in [-0.2, 0) is 11.3 Å². The first kappa shape index (κ1) is 15.3. The van der Waals surface area contributed by atoms with Crippen LogP contribution in [-0.4, -0.2) is 34.9 Å².